The van der Waals surface area contributed by atoms with Gasteiger partial charge < -0.3 is 9.30 Å². The van der Waals surface area contributed by atoms with Gasteiger partial charge in [0.05, 0.1) is 23.3 Å². The third-order valence-electron chi connectivity index (χ3n) is 7.09. The van der Waals surface area contributed by atoms with Crippen LogP contribution in [0.25, 0.3) is 22.6 Å². The molecule has 0 atom stereocenters. The first-order chi connectivity index (χ1) is 15.0. The lowest BCUT2D eigenvalue weighted by atomic mass is 9.87. The molecule has 0 N–H and O–H groups in total. The van der Waals surface area contributed by atoms with Crippen molar-refractivity contribution in [2.45, 2.75) is 57.9 Å². The van der Waals surface area contributed by atoms with Crippen LogP contribution in [0.2, 0.25) is 0 Å². The Bertz CT molecular complexity index is 1280. The Hall–Kier alpha value is -2.80. The first-order valence-electron chi connectivity index (χ1n) is 11.3. The van der Waals surface area contributed by atoms with E-state index in [1.165, 1.54) is 19.3 Å². The number of nitrogens with zero attached hydrogens (tertiary/aromatic N) is 6. The van der Waals surface area contributed by atoms with Crippen molar-refractivity contribution < 1.29 is 4.39 Å². The van der Waals surface area contributed by atoms with Crippen LogP contribution < -0.4 is 0 Å². The second-order valence-corrected chi connectivity index (χ2v) is 9.23. The highest BCUT2D eigenvalue weighted by atomic mass is 19.1. The molecule has 31 heavy (non-hydrogen) atoms. The van der Waals surface area contributed by atoms with Gasteiger partial charge in [0.2, 0.25) is 0 Å². The number of piperidine rings is 1. The summed E-state index contributed by atoms with van der Waals surface area (Å²) in [5.41, 5.74) is 5.64. The molecule has 5 heterocycles. The highest BCUT2D eigenvalue weighted by molar-refractivity contribution is 5.64. The van der Waals surface area contributed by atoms with E-state index in [1.54, 1.807) is 10.6 Å². The molecule has 7 heteroatoms. The summed E-state index contributed by atoms with van der Waals surface area (Å²) in [6, 6.07) is 4.31. The van der Waals surface area contributed by atoms with Gasteiger partial charge in [-0.15, -0.1) is 0 Å². The third kappa shape index (κ3) is 3.22. The number of pyridine rings is 1. The van der Waals surface area contributed by atoms with Crippen LogP contribution in [0, 0.1) is 19.7 Å². The van der Waals surface area contributed by atoms with Crippen molar-refractivity contribution in [2.24, 2.45) is 0 Å². The smallest absolute Gasteiger partial charge is 0.173 e. The zero-order valence-electron chi connectivity index (χ0n) is 18.1. The zero-order valence-corrected chi connectivity index (χ0v) is 18.1. The molecule has 0 spiro atoms. The van der Waals surface area contributed by atoms with E-state index in [1.807, 2.05) is 42.9 Å². The van der Waals surface area contributed by atoms with Gasteiger partial charge in [-0.1, -0.05) is 6.42 Å². The second kappa shape index (κ2) is 7.12. The van der Waals surface area contributed by atoms with Crippen LogP contribution in [0.15, 0.2) is 30.7 Å². The summed E-state index contributed by atoms with van der Waals surface area (Å²) in [6.45, 7) is 6.21. The van der Waals surface area contributed by atoms with Gasteiger partial charge in [0, 0.05) is 29.9 Å². The lowest BCUT2D eigenvalue weighted by Gasteiger charge is -2.41. The molecule has 0 unspecified atom stereocenters. The zero-order chi connectivity index (χ0) is 21.1. The summed E-state index contributed by atoms with van der Waals surface area (Å²) in [5, 5.41) is 4.66. The first-order valence-corrected chi connectivity index (χ1v) is 11.3. The average molecular weight is 419 g/mol. The van der Waals surface area contributed by atoms with Crippen LogP contribution in [0.3, 0.4) is 0 Å². The third-order valence-corrected chi connectivity index (χ3v) is 7.09. The number of aromatic nitrogens is 5. The summed E-state index contributed by atoms with van der Waals surface area (Å²) >= 11 is 0. The first kappa shape index (κ1) is 18.9. The predicted octanol–water partition coefficient (Wildman–Crippen LogP) is 4.53. The summed E-state index contributed by atoms with van der Waals surface area (Å²) < 4.78 is 18.6. The van der Waals surface area contributed by atoms with Crippen molar-refractivity contribution in [3.8, 4) is 11.3 Å². The molecule has 0 aromatic carbocycles. The van der Waals surface area contributed by atoms with Crippen molar-refractivity contribution >= 4 is 11.3 Å². The van der Waals surface area contributed by atoms with E-state index in [0.717, 1.165) is 65.8 Å². The van der Waals surface area contributed by atoms with Crippen LogP contribution >= 0.6 is 0 Å². The van der Waals surface area contributed by atoms with E-state index < -0.39 is 0 Å². The number of aryl methyl sites for hydroxylation is 2. The molecular formula is C24H27FN6. The Morgan fingerprint density at radius 1 is 0.935 bits per heavy atom. The van der Waals surface area contributed by atoms with Gasteiger partial charge in [0.1, 0.15) is 0 Å². The summed E-state index contributed by atoms with van der Waals surface area (Å²) in [5.74, 6) is 0.0988. The maximum atomic E-state index is 15.0. The quantitative estimate of drug-likeness (QED) is 0.490. The maximum Gasteiger partial charge on any atom is 0.173 e. The molecule has 0 radical (unpaired) electrons. The van der Waals surface area contributed by atoms with Crippen molar-refractivity contribution in [2.75, 3.05) is 13.1 Å². The number of likely N-dealkylation sites (tertiary alicyclic amines) is 1. The Kier molecular flexibility index (Phi) is 4.35. The molecule has 4 aromatic heterocycles. The van der Waals surface area contributed by atoms with Crippen LogP contribution in [0.5, 0.6) is 0 Å². The van der Waals surface area contributed by atoms with Crippen LogP contribution in [-0.2, 0) is 0 Å². The molecule has 160 valence electrons. The number of hydrogen-bond acceptors (Lipinski definition) is 4. The van der Waals surface area contributed by atoms with Crippen LogP contribution in [-0.4, -0.2) is 48.0 Å². The fourth-order valence-corrected chi connectivity index (χ4v) is 5.11. The van der Waals surface area contributed by atoms with Gasteiger partial charge in [0.15, 0.2) is 17.1 Å². The summed E-state index contributed by atoms with van der Waals surface area (Å²) in [6.07, 6.45) is 12.1. The fourth-order valence-electron chi connectivity index (χ4n) is 5.11. The SMILES string of the molecule is Cc1cn2nc(-c3cc(F)c4nc(C5CCN(C6CCC6)CC5)cn4c3)cc(C)c2n1. The van der Waals surface area contributed by atoms with E-state index >= 15 is 4.39 Å². The minimum Gasteiger partial charge on any atom is -0.304 e. The van der Waals surface area contributed by atoms with E-state index in [-0.39, 0.29) is 5.82 Å². The second-order valence-electron chi connectivity index (χ2n) is 9.23. The fraction of sp³-hybridized carbons (Fsp3) is 0.458. The van der Waals surface area contributed by atoms with E-state index in [9.17, 15) is 0 Å². The summed E-state index contributed by atoms with van der Waals surface area (Å²) in [4.78, 5) is 11.8. The summed E-state index contributed by atoms with van der Waals surface area (Å²) in [7, 11) is 0. The number of rotatable bonds is 3. The van der Waals surface area contributed by atoms with Gasteiger partial charge in [-0.2, -0.15) is 5.10 Å². The molecule has 6 rings (SSSR count). The van der Waals surface area contributed by atoms with E-state index in [4.69, 9.17) is 0 Å². The van der Waals surface area contributed by atoms with E-state index in [2.05, 4.69) is 20.0 Å². The Labute approximate surface area is 180 Å². The van der Waals surface area contributed by atoms with Gasteiger partial charge in [-0.05, 0) is 70.3 Å². The topological polar surface area (TPSA) is 50.7 Å². The standard InChI is InChI=1S/C24H27FN6/c1-15-10-21(28-31-12-16(2)26-23(15)31)18-11-20(25)24-27-22(14-30(24)13-18)17-6-8-29(9-7-17)19-4-3-5-19/h10-14,17,19H,3-9H2,1-2H3. The van der Waals surface area contributed by atoms with Crippen LogP contribution in [0.4, 0.5) is 4.39 Å². The van der Waals surface area contributed by atoms with Crippen molar-refractivity contribution in [3.05, 3.63) is 53.5 Å². The molecule has 1 saturated carbocycles. The molecule has 2 aliphatic rings. The van der Waals surface area contributed by atoms with Crippen molar-refractivity contribution in [1.29, 1.82) is 0 Å². The molecule has 1 saturated heterocycles. The highest BCUT2D eigenvalue weighted by Gasteiger charge is 2.30. The largest absolute Gasteiger partial charge is 0.304 e. The average Bonchev–Trinajstić information content (AvgIpc) is 3.31. The number of halogens is 1. The number of hydrogen-bond donors (Lipinski definition) is 0. The minimum atomic E-state index is -0.308. The highest BCUT2D eigenvalue weighted by Crippen LogP contribution is 2.33. The monoisotopic (exact) mass is 418 g/mol. The van der Waals surface area contributed by atoms with Gasteiger partial charge in [-0.3, -0.25) is 0 Å². The number of fused-ring (bicyclic) bond motifs is 2. The molecule has 1 aliphatic heterocycles. The number of imidazole rings is 2. The molecule has 4 aromatic rings. The Morgan fingerprint density at radius 3 is 2.48 bits per heavy atom. The Balaban J connectivity index is 1.31. The Morgan fingerprint density at radius 2 is 1.74 bits per heavy atom. The van der Waals surface area contributed by atoms with Gasteiger partial charge in [0.25, 0.3) is 0 Å². The van der Waals surface area contributed by atoms with Gasteiger partial charge in [-0.25, -0.2) is 18.9 Å². The van der Waals surface area contributed by atoms with Gasteiger partial charge >= 0.3 is 0 Å². The lowest BCUT2D eigenvalue weighted by Crippen LogP contribution is -2.44. The molecule has 0 amide bonds. The molecule has 2 fully saturated rings. The molecular weight excluding hydrogens is 391 g/mol. The van der Waals surface area contributed by atoms with Crippen molar-refractivity contribution in [3.63, 3.8) is 0 Å². The van der Waals surface area contributed by atoms with E-state index in [0.29, 0.717) is 11.6 Å². The molecule has 0 bridgehead atoms. The molecule has 6 nitrogen and oxygen atoms in total. The molecule has 1 aliphatic carbocycles. The van der Waals surface area contributed by atoms with Crippen LogP contribution in [0.1, 0.15) is 55.0 Å². The maximum absolute atomic E-state index is 15.0. The normalized spacial score (nSPS) is 18.8. The van der Waals surface area contributed by atoms with Crippen molar-refractivity contribution in [1.82, 2.24) is 28.9 Å². The lowest BCUT2D eigenvalue weighted by molar-refractivity contribution is 0.0970. The predicted molar refractivity (Wildman–Crippen MR) is 118 cm³/mol. The minimum absolute atomic E-state index is 0.308.